The molecule has 0 radical (unpaired) electrons. The molecular formula is C19H21BrN2O2. The van der Waals surface area contributed by atoms with Gasteiger partial charge < -0.3 is 5.11 Å². The molecule has 0 amide bonds. The highest BCUT2D eigenvalue weighted by Crippen LogP contribution is 2.34. The lowest BCUT2D eigenvalue weighted by Crippen LogP contribution is -2.47. The van der Waals surface area contributed by atoms with E-state index in [1.807, 2.05) is 43.3 Å². The van der Waals surface area contributed by atoms with Crippen molar-refractivity contribution < 1.29 is 9.90 Å². The molecule has 2 heterocycles. The summed E-state index contributed by atoms with van der Waals surface area (Å²) in [5.74, 6) is -0.748. The summed E-state index contributed by atoms with van der Waals surface area (Å²) in [4.78, 5) is 18.6. The number of pyridine rings is 1. The first-order chi connectivity index (χ1) is 11.6. The maximum absolute atomic E-state index is 11.8. The predicted molar refractivity (Wildman–Crippen MR) is 96.9 cm³/mol. The molecule has 1 saturated heterocycles. The number of halogens is 1. The highest BCUT2D eigenvalue weighted by atomic mass is 79.9. The summed E-state index contributed by atoms with van der Waals surface area (Å²) in [7, 11) is 0. The van der Waals surface area contributed by atoms with Crippen molar-refractivity contribution >= 4 is 21.9 Å². The van der Waals surface area contributed by atoms with Gasteiger partial charge in [0.25, 0.3) is 0 Å². The summed E-state index contributed by atoms with van der Waals surface area (Å²) in [5.41, 5.74) is 2.91. The number of aromatic nitrogens is 1. The Balaban J connectivity index is 2.09. The molecule has 0 bridgehead atoms. The number of carboxylic acid groups (broad SMARTS) is 1. The SMILES string of the molecule is Cc1cccc(C(c2cccc(Br)c2)N2CCCCC2C(=O)O)n1. The molecule has 0 aliphatic carbocycles. The van der Waals surface area contributed by atoms with Crippen molar-refractivity contribution in [2.45, 2.75) is 38.3 Å². The first kappa shape index (κ1) is 17.1. The lowest BCUT2D eigenvalue weighted by Gasteiger charge is -2.39. The van der Waals surface area contributed by atoms with E-state index in [2.05, 4.69) is 26.9 Å². The van der Waals surface area contributed by atoms with Gasteiger partial charge in [0, 0.05) is 10.2 Å². The molecule has 1 N–H and O–H groups in total. The Morgan fingerprint density at radius 1 is 1.29 bits per heavy atom. The molecule has 24 heavy (non-hydrogen) atoms. The number of rotatable bonds is 4. The molecule has 1 aromatic heterocycles. The van der Waals surface area contributed by atoms with Gasteiger partial charge in [-0.05, 0) is 56.1 Å². The average Bonchev–Trinajstić information content (AvgIpc) is 2.56. The fraction of sp³-hybridized carbons (Fsp3) is 0.368. The molecule has 1 aliphatic rings. The van der Waals surface area contributed by atoms with Gasteiger partial charge in [-0.1, -0.05) is 40.5 Å². The van der Waals surface area contributed by atoms with E-state index >= 15 is 0 Å². The number of carbonyl (C=O) groups is 1. The molecule has 2 atom stereocenters. The van der Waals surface area contributed by atoms with Crippen LogP contribution in [0.25, 0.3) is 0 Å². The Bertz CT molecular complexity index is 689. The number of aryl methyl sites for hydroxylation is 1. The van der Waals surface area contributed by atoms with Gasteiger partial charge in [0.2, 0.25) is 0 Å². The number of piperidine rings is 1. The van der Waals surface area contributed by atoms with E-state index in [9.17, 15) is 9.90 Å². The van der Waals surface area contributed by atoms with E-state index in [4.69, 9.17) is 4.98 Å². The van der Waals surface area contributed by atoms with Crippen molar-refractivity contribution in [1.82, 2.24) is 9.88 Å². The van der Waals surface area contributed by atoms with Crippen LogP contribution in [-0.2, 0) is 4.79 Å². The smallest absolute Gasteiger partial charge is 0.320 e. The minimum Gasteiger partial charge on any atom is -0.480 e. The molecule has 1 aromatic carbocycles. The quantitative estimate of drug-likeness (QED) is 0.853. The summed E-state index contributed by atoms with van der Waals surface area (Å²) in [6, 6.07) is 13.4. The largest absolute Gasteiger partial charge is 0.480 e. The minimum atomic E-state index is -0.748. The summed E-state index contributed by atoms with van der Waals surface area (Å²) in [6.45, 7) is 2.73. The van der Waals surface area contributed by atoms with E-state index < -0.39 is 12.0 Å². The Kier molecular flexibility index (Phi) is 5.31. The topological polar surface area (TPSA) is 53.4 Å². The third-order valence-corrected chi connectivity index (χ3v) is 5.01. The standard InChI is InChI=1S/C19H21BrN2O2/c1-13-6-4-9-16(21-13)18(14-7-5-8-15(20)12-14)22-11-3-2-10-17(22)19(23)24/h4-9,12,17-18H,2-3,10-11H2,1H3,(H,23,24). The fourth-order valence-electron chi connectivity index (χ4n) is 3.45. The first-order valence-corrected chi connectivity index (χ1v) is 9.03. The summed E-state index contributed by atoms with van der Waals surface area (Å²) < 4.78 is 0.988. The van der Waals surface area contributed by atoms with Crippen molar-refractivity contribution in [2.24, 2.45) is 0 Å². The first-order valence-electron chi connectivity index (χ1n) is 8.24. The number of hydrogen-bond donors (Lipinski definition) is 1. The van der Waals surface area contributed by atoms with Gasteiger partial charge >= 0.3 is 5.97 Å². The van der Waals surface area contributed by atoms with Gasteiger partial charge in [-0.15, -0.1) is 0 Å². The summed E-state index contributed by atoms with van der Waals surface area (Å²) in [5, 5.41) is 9.69. The number of likely N-dealkylation sites (tertiary alicyclic amines) is 1. The number of benzene rings is 1. The normalized spacial score (nSPS) is 19.8. The highest BCUT2D eigenvalue weighted by molar-refractivity contribution is 9.10. The minimum absolute atomic E-state index is 0.149. The van der Waals surface area contributed by atoms with E-state index in [-0.39, 0.29) is 6.04 Å². The van der Waals surface area contributed by atoms with Crippen LogP contribution in [0.5, 0.6) is 0 Å². The zero-order valence-electron chi connectivity index (χ0n) is 13.7. The summed E-state index contributed by atoms with van der Waals surface area (Å²) >= 11 is 3.53. The molecular weight excluding hydrogens is 368 g/mol. The van der Waals surface area contributed by atoms with Gasteiger partial charge in [0.15, 0.2) is 0 Å². The lowest BCUT2D eigenvalue weighted by molar-refractivity contribution is -0.145. The van der Waals surface area contributed by atoms with Crippen LogP contribution in [0.1, 0.15) is 42.3 Å². The van der Waals surface area contributed by atoms with Crippen LogP contribution in [0.4, 0.5) is 0 Å². The molecule has 2 unspecified atom stereocenters. The third-order valence-electron chi connectivity index (χ3n) is 4.52. The van der Waals surface area contributed by atoms with Crippen molar-refractivity contribution in [1.29, 1.82) is 0 Å². The van der Waals surface area contributed by atoms with Gasteiger partial charge in [-0.2, -0.15) is 0 Å². The lowest BCUT2D eigenvalue weighted by atomic mass is 9.94. The molecule has 5 heteroatoms. The van der Waals surface area contributed by atoms with Gasteiger partial charge in [0.05, 0.1) is 11.7 Å². The number of carboxylic acids is 1. The zero-order chi connectivity index (χ0) is 17.1. The molecule has 0 spiro atoms. The number of nitrogens with zero attached hydrogens (tertiary/aromatic N) is 2. The Hall–Kier alpha value is -1.72. The Labute approximate surface area is 150 Å². The Morgan fingerprint density at radius 3 is 2.79 bits per heavy atom. The molecule has 3 rings (SSSR count). The summed E-state index contributed by atoms with van der Waals surface area (Å²) in [6.07, 6.45) is 2.66. The number of aliphatic carboxylic acids is 1. The Morgan fingerprint density at radius 2 is 2.08 bits per heavy atom. The molecule has 1 fully saturated rings. The monoisotopic (exact) mass is 388 g/mol. The highest BCUT2D eigenvalue weighted by Gasteiger charge is 2.35. The number of hydrogen-bond acceptors (Lipinski definition) is 3. The van der Waals surface area contributed by atoms with Crippen molar-refractivity contribution in [2.75, 3.05) is 6.54 Å². The third kappa shape index (κ3) is 3.68. The fourth-order valence-corrected chi connectivity index (χ4v) is 3.87. The van der Waals surface area contributed by atoms with Gasteiger partial charge in [0.1, 0.15) is 6.04 Å². The van der Waals surface area contributed by atoms with Crippen molar-refractivity contribution in [3.8, 4) is 0 Å². The maximum atomic E-state index is 11.8. The van der Waals surface area contributed by atoms with Crippen LogP contribution in [0, 0.1) is 6.92 Å². The van der Waals surface area contributed by atoms with Crippen molar-refractivity contribution in [3.05, 3.63) is 63.9 Å². The van der Waals surface area contributed by atoms with E-state index in [0.29, 0.717) is 6.42 Å². The second-order valence-electron chi connectivity index (χ2n) is 6.25. The van der Waals surface area contributed by atoms with Crippen LogP contribution in [0.3, 0.4) is 0 Å². The van der Waals surface area contributed by atoms with E-state index in [1.54, 1.807) is 0 Å². The van der Waals surface area contributed by atoms with E-state index in [1.165, 1.54) is 0 Å². The molecule has 0 saturated carbocycles. The molecule has 1 aliphatic heterocycles. The second kappa shape index (κ2) is 7.45. The van der Waals surface area contributed by atoms with Crippen LogP contribution in [0.2, 0.25) is 0 Å². The molecule has 4 nitrogen and oxygen atoms in total. The van der Waals surface area contributed by atoms with E-state index in [0.717, 1.165) is 40.8 Å². The molecule has 126 valence electrons. The van der Waals surface area contributed by atoms with Crippen LogP contribution in [0.15, 0.2) is 46.9 Å². The second-order valence-corrected chi connectivity index (χ2v) is 7.16. The molecule has 2 aromatic rings. The zero-order valence-corrected chi connectivity index (χ0v) is 15.2. The van der Waals surface area contributed by atoms with Gasteiger partial charge in [-0.3, -0.25) is 14.7 Å². The van der Waals surface area contributed by atoms with Crippen LogP contribution >= 0.6 is 15.9 Å². The maximum Gasteiger partial charge on any atom is 0.320 e. The van der Waals surface area contributed by atoms with Crippen molar-refractivity contribution in [3.63, 3.8) is 0 Å². The van der Waals surface area contributed by atoms with Crippen LogP contribution < -0.4 is 0 Å². The van der Waals surface area contributed by atoms with Crippen LogP contribution in [-0.4, -0.2) is 33.5 Å². The average molecular weight is 389 g/mol. The van der Waals surface area contributed by atoms with Gasteiger partial charge in [-0.25, -0.2) is 0 Å². The predicted octanol–water partition coefficient (Wildman–Crippen LogP) is 4.18.